The molecule has 0 aliphatic carbocycles. The summed E-state index contributed by atoms with van der Waals surface area (Å²) in [5, 5.41) is 8.54. The fraction of sp³-hybridized carbons (Fsp3) is 0.857. The third-order valence-electron chi connectivity index (χ3n) is 1.52. The van der Waals surface area contributed by atoms with Gasteiger partial charge in [0.25, 0.3) is 10.2 Å². The third kappa shape index (κ3) is 5.67. The first kappa shape index (κ1) is 14.3. The summed E-state index contributed by atoms with van der Waals surface area (Å²) in [5.41, 5.74) is 0. The summed E-state index contributed by atoms with van der Waals surface area (Å²) in [6, 6.07) is 0. The molecule has 2 N–H and O–H groups in total. The highest BCUT2D eigenvalue weighted by atomic mass is 32.2. The van der Waals surface area contributed by atoms with E-state index in [1.165, 1.54) is 7.11 Å². The van der Waals surface area contributed by atoms with Gasteiger partial charge in [0.05, 0.1) is 6.61 Å². The van der Waals surface area contributed by atoms with Crippen molar-refractivity contribution in [1.29, 1.82) is 0 Å². The molecule has 0 bridgehead atoms. The molecule has 0 spiro atoms. The standard InChI is InChI=1S/C7H16N2O5S/c1-3-8-15(12,13)9(4-5-14-2)6-7(10)11/h8H,3-6H2,1-2H3,(H,10,11). The molecule has 0 heterocycles. The number of methoxy groups -OCH3 is 1. The van der Waals surface area contributed by atoms with Gasteiger partial charge in [0.1, 0.15) is 6.54 Å². The summed E-state index contributed by atoms with van der Waals surface area (Å²) in [5.74, 6) is -1.20. The number of carboxylic acid groups (broad SMARTS) is 1. The third-order valence-corrected chi connectivity index (χ3v) is 3.17. The highest BCUT2D eigenvalue weighted by Crippen LogP contribution is 1.97. The van der Waals surface area contributed by atoms with Crippen LogP contribution in [-0.2, 0) is 19.7 Å². The van der Waals surface area contributed by atoms with Gasteiger partial charge in [-0.2, -0.15) is 12.7 Å². The summed E-state index contributed by atoms with van der Waals surface area (Å²) in [4.78, 5) is 10.4. The molecule has 0 atom stereocenters. The Morgan fingerprint density at radius 2 is 2.13 bits per heavy atom. The summed E-state index contributed by atoms with van der Waals surface area (Å²) in [6.07, 6.45) is 0. The van der Waals surface area contributed by atoms with E-state index in [4.69, 9.17) is 9.84 Å². The summed E-state index contributed by atoms with van der Waals surface area (Å²) >= 11 is 0. The largest absolute Gasteiger partial charge is 0.480 e. The smallest absolute Gasteiger partial charge is 0.318 e. The molecule has 0 radical (unpaired) electrons. The minimum Gasteiger partial charge on any atom is -0.480 e. The molecule has 0 aromatic rings. The molecule has 0 rings (SSSR count). The van der Waals surface area contributed by atoms with Crippen LogP contribution in [0.25, 0.3) is 0 Å². The molecule has 0 unspecified atom stereocenters. The SMILES string of the molecule is CCNS(=O)(=O)N(CCOC)CC(=O)O. The number of hydrogen-bond acceptors (Lipinski definition) is 4. The van der Waals surface area contributed by atoms with Crippen LogP contribution in [0.3, 0.4) is 0 Å². The number of rotatable bonds is 8. The van der Waals surface area contributed by atoms with Crippen molar-refractivity contribution >= 4 is 16.2 Å². The molecule has 7 nitrogen and oxygen atoms in total. The predicted molar refractivity (Wildman–Crippen MR) is 53.7 cm³/mol. The second kappa shape index (κ2) is 6.72. The van der Waals surface area contributed by atoms with Gasteiger partial charge in [0, 0.05) is 20.2 Å². The lowest BCUT2D eigenvalue weighted by molar-refractivity contribution is -0.137. The molecule has 0 aromatic heterocycles. The van der Waals surface area contributed by atoms with E-state index in [0.29, 0.717) is 0 Å². The average molecular weight is 240 g/mol. The number of hydrogen-bond donors (Lipinski definition) is 2. The fourth-order valence-corrected chi connectivity index (χ4v) is 2.04. The lowest BCUT2D eigenvalue weighted by Gasteiger charge is -2.19. The van der Waals surface area contributed by atoms with Crippen molar-refractivity contribution < 1.29 is 23.1 Å². The van der Waals surface area contributed by atoms with Crippen molar-refractivity contribution in [3.63, 3.8) is 0 Å². The molecule has 0 saturated carbocycles. The first-order valence-electron chi connectivity index (χ1n) is 4.39. The van der Waals surface area contributed by atoms with E-state index in [0.717, 1.165) is 4.31 Å². The Balaban J connectivity index is 4.53. The minimum atomic E-state index is -3.72. The first-order chi connectivity index (χ1) is 6.94. The van der Waals surface area contributed by atoms with E-state index < -0.39 is 22.7 Å². The Labute approximate surface area is 89.2 Å². The van der Waals surface area contributed by atoms with Crippen molar-refractivity contribution in [3.05, 3.63) is 0 Å². The van der Waals surface area contributed by atoms with Crippen LogP contribution in [0.1, 0.15) is 6.92 Å². The molecule has 0 aliphatic heterocycles. The zero-order chi connectivity index (χ0) is 11.9. The maximum Gasteiger partial charge on any atom is 0.318 e. The molecular formula is C7H16N2O5S. The van der Waals surface area contributed by atoms with Crippen LogP contribution in [0.5, 0.6) is 0 Å². The topological polar surface area (TPSA) is 95.9 Å². The van der Waals surface area contributed by atoms with E-state index in [1.807, 2.05) is 0 Å². The minimum absolute atomic E-state index is 0.0120. The van der Waals surface area contributed by atoms with Crippen LogP contribution < -0.4 is 4.72 Å². The van der Waals surface area contributed by atoms with Gasteiger partial charge < -0.3 is 9.84 Å². The van der Waals surface area contributed by atoms with E-state index in [1.54, 1.807) is 6.92 Å². The van der Waals surface area contributed by atoms with Gasteiger partial charge in [-0.15, -0.1) is 0 Å². The van der Waals surface area contributed by atoms with Gasteiger partial charge >= 0.3 is 5.97 Å². The number of aliphatic carboxylic acids is 1. The van der Waals surface area contributed by atoms with Crippen LogP contribution >= 0.6 is 0 Å². The average Bonchev–Trinajstić information content (AvgIpc) is 2.11. The molecule has 0 aliphatic rings. The van der Waals surface area contributed by atoms with Gasteiger partial charge in [-0.3, -0.25) is 4.79 Å². The van der Waals surface area contributed by atoms with Crippen LogP contribution in [0.4, 0.5) is 0 Å². The normalized spacial score (nSPS) is 11.9. The Kier molecular flexibility index (Phi) is 6.41. The fourth-order valence-electron chi connectivity index (χ4n) is 0.902. The monoisotopic (exact) mass is 240 g/mol. The van der Waals surface area contributed by atoms with Crippen molar-refractivity contribution in [1.82, 2.24) is 9.03 Å². The van der Waals surface area contributed by atoms with Gasteiger partial charge in [-0.05, 0) is 0 Å². The highest BCUT2D eigenvalue weighted by Gasteiger charge is 2.22. The highest BCUT2D eigenvalue weighted by molar-refractivity contribution is 7.87. The summed E-state index contributed by atoms with van der Waals surface area (Å²) in [7, 11) is -2.30. The molecule has 0 fully saturated rings. The molecule has 0 saturated heterocycles. The quantitative estimate of drug-likeness (QED) is 0.560. The first-order valence-corrected chi connectivity index (χ1v) is 5.83. The Morgan fingerprint density at radius 3 is 2.53 bits per heavy atom. The van der Waals surface area contributed by atoms with Gasteiger partial charge in [-0.1, -0.05) is 6.92 Å². The molecule has 15 heavy (non-hydrogen) atoms. The number of ether oxygens (including phenoxy) is 1. The molecule has 0 aromatic carbocycles. The van der Waals surface area contributed by atoms with E-state index in [-0.39, 0.29) is 19.7 Å². The van der Waals surface area contributed by atoms with Crippen molar-refractivity contribution in [3.8, 4) is 0 Å². The van der Waals surface area contributed by atoms with Crippen LogP contribution in [0.15, 0.2) is 0 Å². The van der Waals surface area contributed by atoms with Gasteiger partial charge in [-0.25, -0.2) is 4.72 Å². The maximum atomic E-state index is 11.5. The van der Waals surface area contributed by atoms with Gasteiger partial charge in [0.15, 0.2) is 0 Å². The van der Waals surface area contributed by atoms with E-state index in [9.17, 15) is 13.2 Å². The number of nitrogens with one attached hydrogen (secondary N) is 1. The van der Waals surface area contributed by atoms with Gasteiger partial charge in [0.2, 0.25) is 0 Å². The second-order valence-corrected chi connectivity index (χ2v) is 4.48. The lowest BCUT2D eigenvalue weighted by atomic mass is 10.6. The number of carboxylic acids is 1. The zero-order valence-corrected chi connectivity index (χ0v) is 9.58. The van der Waals surface area contributed by atoms with Crippen LogP contribution in [0, 0.1) is 0 Å². The van der Waals surface area contributed by atoms with E-state index in [2.05, 4.69) is 4.72 Å². The Hall–Kier alpha value is -0.700. The molecular weight excluding hydrogens is 224 g/mol. The number of nitrogens with zero attached hydrogens (tertiary/aromatic N) is 1. The van der Waals surface area contributed by atoms with Crippen molar-refractivity contribution in [2.24, 2.45) is 0 Å². The predicted octanol–water partition coefficient (Wildman–Crippen LogP) is -1.13. The molecule has 90 valence electrons. The van der Waals surface area contributed by atoms with E-state index >= 15 is 0 Å². The number of carbonyl (C=O) groups is 1. The zero-order valence-electron chi connectivity index (χ0n) is 8.76. The van der Waals surface area contributed by atoms with Crippen LogP contribution in [0.2, 0.25) is 0 Å². The van der Waals surface area contributed by atoms with Crippen molar-refractivity contribution in [2.75, 3.05) is 33.4 Å². The Morgan fingerprint density at radius 1 is 1.53 bits per heavy atom. The molecule has 8 heteroatoms. The lowest BCUT2D eigenvalue weighted by Crippen LogP contribution is -2.44. The summed E-state index contributed by atoms with van der Waals surface area (Å²) < 4.78 is 30.7. The van der Waals surface area contributed by atoms with Crippen molar-refractivity contribution in [2.45, 2.75) is 6.92 Å². The second-order valence-electron chi connectivity index (χ2n) is 2.72. The summed E-state index contributed by atoms with van der Waals surface area (Å²) in [6.45, 7) is 1.42. The Bertz CT molecular complexity index is 290. The van der Waals surface area contributed by atoms with Crippen LogP contribution in [-0.4, -0.2) is 57.1 Å². The molecule has 0 amide bonds. The maximum absolute atomic E-state index is 11.5.